The number of aromatic nitrogens is 2. The molecule has 1 aliphatic heterocycles. The first-order valence-corrected chi connectivity index (χ1v) is 7.42. The van der Waals surface area contributed by atoms with E-state index in [9.17, 15) is 9.18 Å². The molecule has 1 amide bonds. The Morgan fingerprint density at radius 1 is 1.26 bits per heavy atom. The van der Waals surface area contributed by atoms with Gasteiger partial charge in [-0.05, 0) is 18.2 Å². The van der Waals surface area contributed by atoms with Crippen LogP contribution in [0.5, 0.6) is 0 Å². The van der Waals surface area contributed by atoms with Gasteiger partial charge in [-0.1, -0.05) is 11.6 Å². The van der Waals surface area contributed by atoms with Gasteiger partial charge in [0.25, 0.3) is 5.91 Å². The highest BCUT2D eigenvalue weighted by Gasteiger charge is 2.16. The number of carbonyl (C=O) groups is 1. The smallest absolute Gasteiger partial charge is 0.274 e. The summed E-state index contributed by atoms with van der Waals surface area (Å²) >= 11 is 5.69. The quantitative estimate of drug-likeness (QED) is 0.932. The molecule has 120 valence electrons. The minimum atomic E-state index is -0.603. The molecule has 0 bridgehead atoms. The second-order valence-corrected chi connectivity index (χ2v) is 5.38. The predicted molar refractivity (Wildman–Crippen MR) is 84.4 cm³/mol. The van der Waals surface area contributed by atoms with Gasteiger partial charge in [0.05, 0.1) is 18.9 Å². The lowest BCUT2D eigenvalue weighted by Crippen LogP contribution is -2.37. The molecule has 1 fully saturated rings. The largest absolute Gasteiger partial charge is 0.378 e. The fourth-order valence-corrected chi connectivity index (χ4v) is 2.37. The molecule has 1 aromatic carbocycles. The Morgan fingerprint density at radius 2 is 2.04 bits per heavy atom. The molecule has 8 heteroatoms. The van der Waals surface area contributed by atoms with Crippen molar-refractivity contribution in [2.45, 2.75) is 0 Å². The lowest BCUT2D eigenvalue weighted by molar-refractivity contribution is 0.102. The van der Waals surface area contributed by atoms with Crippen molar-refractivity contribution in [2.24, 2.45) is 0 Å². The standard InChI is InChI=1S/C15H14ClFN4O2/c16-10-1-2-12(11(17)7-10)20-15(22)13-8-14(19-9-18-13)21-3-5-23-6-4-21/h1-2,7-9H,3-6H2,(H,20,22). The number of anilines is 2. The number of nitrogens with one attached hydrogen (secondary N) is 1. The second kappa shape index (κ2) is 6.89. The summed E-state index contributed by atoms with van der Waals surface area (Å²) in [6, 6.07) is 5.61. The third-order valence-electron chi connectivity index (χ3n) is 3.40. The molecule has 6 nitrogen and oxygen atoms in total. The molecule has 2 heterocycles. The zero-order valence-corrected chi connectivity index (χ0v) is 12.9. The van der Waals surface area contributed by atoms with Crippen LogP contribution in [0.1, 0.15) is 10.5 Å². The minimum Gasteiger partial charge on any atom is -0.378 e. The zero-order chi connectivity index (χ0) is 16.2. The van der Waals surface area contributed by atoms with E-state index in [4.69, 9.17) is 16.3 Å². The van der Waals surface area contributed by atoms with Crippen LogP contribution in [0.4, 0.5) is 15.9 Å². The van der Waals surface area contributed by atoms with Gasteiger partial charge in [0, 0.05) is 24.2 Å². The van der Waals surface area contributed by atoms with Crippen LogP contribution in [0.3, 0.4) is 0 Å². The zero-order valence-electron chi connectivity index (χ0n) is 12.1. The van der Waals surface area contributed by atoms with Crippen LogP contribution in [0.2, 0.25) is 5.02 Å². The summed E-state index contributed by atoms with van der Waals surface area (Å²) in [4.78, 5) is 22.4. The highest BCUT2D eigenvalue weighted by atomic mass is 35.5. The Bertz CT molecular complexity index is 722. The van der Waals surface area contributed by atoms with E-state index in [0.717, 1.165) is 6.07 Å². The fourth-order valence-electron chi connectivity index (χ4n) is 2.21. The van der Waals surface area contributed by atoms with Gasteiger partial charge >= 0.3 is 0 Å². The number of ether oxygens (including phenoxy) is 1. The Morgan fingerprint density at radius 3 is 2.78 bits per heavy atom. The number of hydrogen-bond donors (Lipinski definition) is 1. The molecule has 3 rings (SSSR count). The van der Waals surface area contributed by atoms with Crippen LogP contribution in [0.15, 0.2) is 30.6 Å². The molecule has 0 unspecified atom stereocenters. The Hall–Kier alpha value is -2.25. The summed E-state index contributed by atoms with van der Waals surface area (Å²) in [5.74, 6) is -0.471. The number of halogens is 2. The second-order valence-electron chi connectivity index (χ2n) is 4.94. The summed E-state index contributed by atoms with van der Waals surface area (Å²) in [6.07, 6.45) is 1.32. The van der Waals surface area contributed by atoms with Crippen LogP contribution in [-0.4, -0.2) is 42.2 Å². The Kier molecular flexibility index (Phi) is 4.68. The van der Waals surface area contributed by atoms with E-state index in [1.165, 1.54) is 18.5 Å². The van der Waals surface area contributed by atoms with Crippen LogP contribution in [-0.2, 0) is 4.74 Å². The van der Waals surface area contributed by atoms with Crippen molar-refractivity contribution in [3.63, 3.8) is 0 Å². The first-order chi connectivity index (χ1) is 11.1. The van der Waals surface area contributed by atoms with Gasteiger partial charge in [0.15, 0.2) is 0 Å². The molecule has 1 saturated heterocycles. The maximum atomic E-state index is 13.7. The molecule has 0 radical (unpaired) electrons. The van der Waals surface area contributed by atoms with Crippen molar-refractivity contribution in [1.29, 1.82) is 0 Å². The first kappa shape index (κ1) is 15.6. The van der Waals surface area contributed by atoms with Gasteiger partial charge in [0.1, 0.15) is 23.7 Å². The molecular weight excluding hydrogens is 323 g/mol. The number of morpholine rings is 1. The van der Waals surface area contributed by atoms with E-state index in [1.54, 1.807) is 6.07 Å². The number of rotatable bonds is 3. The fraction of sp³-hybridized carbons (Fsp3) is 0.267. The monoisotopic (exact) mass is 336 g/mol. The average molecular weight is 337 g/mol. The van der Waals surface area contributed by atoms with Gasteiger partial charge in [-0.3, -0.25) is 4.79 Å². The molecule has 2 aromatic rings. The first-order valence-electron chi connectivity index (χ1n) is 7.04. The average Bonchev–Trinajstić information content (AvgIpc) is 2.58. The Balaban J connectivity index is 1.76. The maximum absolute atomic E-state index is 13.7. The van der Waals surface area contributed by atoms with Gasteiger partial charge in [0.2, 0.25) is 0 Å². The minimum absolute atomic E-state index is 0.0472. The van der Waals surface area contributed by atoms with Gasteiger partial charge in [-0.25, -0.2) is 14.4 Å². The van der Waals surface area contributed by atoms with E-state index >= 15 is 0 Å². The SMILES string of the molecule is O=C(Nc1ccc(Cl)cc1F)c1cc(N2CCOCC2)ncn1. The summed E-state index contributed by atoms with van der Waals surface area (Å²) in [7, 11) is 0. The summed E-state index contributed by atoms with van der Waals surface area (Å²) in [5.41, 5.74) is 0.210. The van der Waals surface area contributed by atoms with Crippen molar-refractivity contribution in [2.75, 3.05) is 36.5 Å². The molecule has 1 aromatic heterocycles. The lowest BCUT2D eigenvalue weighted by Gasteiger charge is -2.27. The summed E-state index contributed by atoms with van der Waals surface area (Å²) in [6.45, 7) is 2.62. The maximum Gasteiger partial charge on any atom is 0.274 e. The normalized spacial score (nSPS) is 14.6. The lowest BCUT2D eigenvalue weighted by atomic mass is 10.2. The molecule has 1 aliphatic rings. The van der Waals surface area contributed by atoms with Gasteiger partial charge < -0.3 is 15.0 Å². The van der Waals surface area contributed by atoms with Crippen molar-refractivity contribution in [3.8, 4) is 0 Å². The number of hydrogen-bond acceptors (Lipinski definition) is 5. The van der Waals surface area contributed by atoms with Crippen LogP contribution in [0, 0.1) is 5.82 Å². The molecule has 0 atom stereocenters. The number of nitrogens with zero attached hydrogens (tertiary/aromatic N) is 3. The molecule has 0 saturated carbocycles. The highest BCUT2D eigenvalue weighted by molar-refractivity contribution is 6.30. The van der Waals surface area contributed by atoms with Crippen LogP contribution >= 0.6 is 11.6 Å². The number of benzene rings is 1. The molecule has 1 N–H and O–H groups in total. The summed E-state index contributed by atoms with van der Waals surface area (Å²) in [5, 5.41) is 2.74. The summed E-state index contributed by atoms with van der Waals surface area (Å²) < 4.78 is 19.0. The third-order valence-corrected chi connectivity index (χ3v) is 3.63. The van der Waals surface area contributed by atoms with Crippen LogP contribution in [0.25, 0.3) is 0 Å². The van der Waals surface area contributed by atoms with Gasteiger partial charge in [-0.2, -0.15) is 0 Å². The van der Waals surface area contributed by atoms with E-state index in [0.29, 0.717) is 32.1 Å². The van der Waals surface area contributed by atoms with Crippen molar-refractivity contribution >= 4 is 29.0 Å². The van der Waals surface area contributed by atoms with E-state index < -0.39 is 11.7 Å². The topological polar surface area (TPSA) is 67.4 Å². The van der Waals surface area contributed by atoms with Crippen molar-refractivity contribution in [1.82, 2.24) is 9.97 Å². The number of amides is 1. The molecule has 0 aliphatic carbocycles. The van der Waals surface area contributed by atoms with E-state index in [2.05, 4.69) is 15.3 Å². The Labute approximate surface area is 137 Å². The molecule has 0 spiro atoms. The molecule has 23 heavy (non-hydrogen) atoms. The van der Waals surface area contributed by atoms with Crippen molar-refractivity contribution < 1.29 is 13.9 Å². The van der Waals surface area contributed by atoms with E-state index in [1.807, 2.05) is 4.90 Å². The molecular formula is C15H14ClFN4O2. The predicted octanol–water partition coefficient (Wildman–Crippen LogP) is 2.36. The van der Waals surface area contributed by atoms with Gasteiger partial charge in [-0.15, -0.1) is 0 Å². The van der Waals surface area contributed by atoms with E-state index in [-0.39, 0.29) is 16.4 Å². The van der Waals surface area contributed by atoms with Crippen molar-refractivity contribution in [3.05, 3.63) is 47.1 Å². The van der Waals surface area contributed by atoms with Crippen LogP contribution < -0.4 is 10.2 Å². The highest BCUT2D eigenvalue weighted by Crippen LogP contribution is 2.20. The number of carbonyl (C=O) groups excluding carboxylic acids is 1. The third kappa shape index (κ3) is 3.75.